The summed E-state index contributed by atoms with van der Waals surface area (Å²) in [7, 11) is 0. The summed E-state index contributed by atoms with van der Waals surface area (Å²) < 4.78 is 0. The summed E-state index contributed by atoms with van der Waals surface area (Å²) in [5, 5.41) is 0. The van der Waals surface area contributed by atoms with E-state index in [0.29, 0.717) is 6.04 Å². The molecule has 2 heteroatoms. The lowest BCUT2D eigenvalue weighted by atomic mass is 10.0. The molecule has 0 radical (unpaired) electrons. The third-order valence-corrected chi connectivity index (χ3v) is 2.96. The van der Waals surface area contributed by atoms with Gasteiger partial charge < -0.3 is 5.73 Å². The largest absolute Gasteiger partial charge is 0.327 e. The summed E-state index contributed by atoms with van der Waals surface area (Å²) in [5.41, 5.74) is 8.68. The van der Waals surface area contributed by atoms with Crippen LogP contribution in [0.4, 0.5) is 0 Å². The molecule has 0 aromatic heterocycles. The number of aryl methyl sites for hydroxylation is 1. The van der Waals surface area contributed by atoms with E-state index in [2.05, 4.69) is 37.4 Å². The van der Waals surface area contributed by atoms with Crippen molar-refractivity contribution in [3.8, 4) is 0 Å². The summed E-state index contributed by atoms with van der Waals surface area (Å²) in [5.74, 6) is 1.16. The molecule has 1 unspecified atom stereocenters. The zero-order chi connectivity index (χ0) is 10.4. The van der Waals surface area contributed by atoms with Crippen LogP contribution in [0.5, 0.6) is 0 Å². The van der Waals surface area contributed by atoms with Gasteiger partial charge >= 0.3 is 0 Å². The SMILES string of the molecule is CSCCC(N)Cc1ccc(C)cc1. The Kier molecular flexibility index (Phi) is 5.05. The maximum Gasteiger partial charge on any atom is 0.00871 e. The Balaban J connectivity index is 2.39. The van der Waals surface area contributed by atoms with Crippen LogP contribution in [0, 0.1) is 6.92 Å². The first kappa shape index (κ1) is 11.6. The second kappa shape index (κ2) is 6.10. The molecule has 0 spiro atoms. The number of hydrogen-bond acceptors (Lipinski definition) is 2. The summed E-state index contributed by atoms with van der Waals surface area (Å²) >= 11 is 1.86. The van der Waals surface area contributed by atoms with Crippen LogP contribution >= 0.6 is 11.8 Å². The molecule has 1 rings (SSSR count). The van der Waals surface area contributed by atoms with E-state index in [1.165, 1.54) is 11.1 Å². The molecule has 0 bridgehead atoms. The van der Waals surface area contributed by atoms with E-state index in [9.17, 15) is 0 Å². The molecule has 1 atom stereocenters. The molecule has 14 heavy (non-hydrogen) atoms. The second-order valence-corrected chi connectivity index (χ2v) is 4.72. The van der Waals surface area contributed by atoms with Gasteiger partial charge in [-0.2, -0.15) is 11.8 Å². The molecule has 0 amide bonds. The second-order valence-electron chi connectivity index (χ2n) is 3.73. The van der Waals surface area contributed by atoms with Crippen LogP contribution in [-0.4, -0.2) is 18.1 Å². The highest BCUT2D eigenvalue weighted by Gasteiger charge is 2.02. The van der Waals surface area contributed by atoms with Crippen molar-refractivity contribution in [1.82, 2.24) is 0 Å². The molecule has 2 N–H and O–H groups in total. The third-order valence-electron chi connectivity index (χ3n) is 2.31. The predicted octanol–water partition coefficient (Wildman–Crippen LogP) is 2.62. The molecule has 0 saturated heterocycles. The lowest BCUT2D eigenvalue weighted by Crippen LogP contribution is -2.23. The molecule has 0 aliphatic heterocycles. The summed E-state index contributed by atoms with van der Waals surface area (Å²) in [6.07, 6.45) is 4.23. The standard InChI is InChI=1S/C12H19NS/c1-10-3-5-11(6-4-10)9-12(13)7-8-14-2/h3-6,12H,7-9,13H2,1-2H3. The molecule has 1 aromatic rings. The number of nitrogens with two attached hydrogens (primary N) is 1. The molecule has 0 aliphatic carbocycles. The Morgan fingerprint density at radius 3 is 2.50 bits per heavy atom. The van der Waals surface area contributed by atoms with Crippen molar-refractivity contribution >= 4 is 11.8 Å². The molecule has 0 saturated carbocycles. The van der Waals surface area contributed by atoms with Crippen LogP contribution in [0.25, 0.3) is 0 Å². The topological polar surface area (TPSA) is 26.0 Å². The van der Waals surface area contributed by atoms with Crippen molar-refractivity contribution in [2.45, 2.75) is 25.8 Å². The van der Waals surface area contributed by atoms with Crippen LogP contribution in [-0.2, 0) is 6.42 Å². The first-order valence-corrected chi connectivity index (χ1v) is 6.42. The van der Waals surface area contributed by atoms with Crippen LogP contribution in [0.3, 0.4) is 0 Å². The minimum atomic E-state index is 0.310. The average molecular weight is 209 g/mol. The molecule has 0 heterocycles. The van der Waals surface area contributed by atoms with Gasteiger partial charge in [-0.3, -0.25) is 0 Å². The third kappa shape index (κ3) is 4.16. The van der Waals surface area contributed by atoms with Gasteiger partial charge in [0.05, 0.1) is 0 Å². The quantitative estimate of drug-likeness (QED) is 0.806. The maximum absolute atomic E-state index is 6.02. The Morgan fingerprint density at radius 2 is 1.93 bits per heavy atom. The zero-order valence-electron chi connectivity index (χ0n) is 8.99. The fraction of sp³-hybridized carbons (Fsp3) is 0.500. The van der Waals surface area contributed by atoms with Crippen LogP contribution in [0.1, 0.15) is 17.5 Å². The van der Waals surface area contributed by atoms with Gasteiger partial charge in [-0.1, -0.05) is 29.8 Å². The smallest absolute Gasteiger partial charge is 0.00871 e. The molecular weight excluding hydrogens is 190 g/mol. The molecule has 1 nitrogen and oxygen atoms in total. The normalized spacial score (nSPS) is 12.8. The van der Waals surface area contributed by atoms with Gasteiger partial charge in [-0.05, 0) is 37.3 Å². The van der Waals surface area contributed by atoms with E-state index in [-0.39, 0.29) is 0 Å². The van der Waals surface area contributed by atoms with Gasteiger partial charge in [-0.25, -0.2) is 0 Å². The highest BCUT2D eigenvalue weighted by Crippen LogP contribution is 2.08. The Morgan fingerprint density at radius 1 is 1.29 bits per heavy atom. The van der Waals surface area contributed by atoms with E-state index in [4.69, 9.17) is 5.73 Å². The van der Waals surface area contributed by atoms with Gasteiger partial charge in [-0.15, -0.1) is 0 Å². The van der Waals surface area contributed by atoms with Crippen molar-refractivity contribution in [3.05, 3.63) is 35.4 Å². The molecule has 1 aromatic carbocycles. The summed E-state index contributed by atoms with van der Waals surface area (Å²) in [6.45, 7) is 2.11. The lowest BCUT2D eigenvalue weighted by molar-refractivity contribution is 0.652. The monoisotopic (exact) mass is 209 g/mol. The Bertz CT molecular complexity index is 256. The van der Waals surface area contributed by atoms with Gasteiger partial charge in [0, 0.05) is 6.04 Å². The number of hydrogen-bond donors (Lipinski definition) is 1. The van der Waals surface area contributed by atoms with Gasteiger partial charge in [0.25, 0.3) is 0 Å². The molecular formula is C12H19NS. The molecule has 78 valence electrons. The van der Waals surface area contributed by atoms with Crippen LogP contribution in [0.2, 0.25) is 0 Å². The number of benzene rings is 1. The highest BCUT2D eigenvalue weighted by molar-refractivity contribution is 7.98. The Labute approximate surface area is 91.1 Å². The Hall–Kier alpha value is -0.470. The number of rotatable bonds is 5. The van der Waals surface area contributed by atoms with Crippen molar-refractivity contribution in [3.63, 3.8) is 0 Å². The van der Waals surface area contributed by atoms with E-state index in [1.807, 2.05) is 11.8 Å². The van der Waals surface area contributed by atoms with E-state index in [0.717, 1.165) is 18.6 Å². The highest BCUT2D eigenvalue weighted by atomic mass is 32.2. The van der Waals surface area contributed by atoms with Crippen molar-refractivity contribution in [2.75, 3.05) is 12.0 Å². The fourth-order valence-corrected chi connectivity index (χ4v) is 1.94. The predicted molar refractivity (Wildman–Crippen MR) is 65.9 cm³/mol. The van der Waals surface area contributed by atoms with Gasteiger partial charge in [0.2, 0.25) is 0 Å². The average Bonchev–Trinajstić information content (AvgIpc) is 2.18. The van der Waals surface area contributed by atoms with Crippen molar-refractivity contribution < 1.29 is 0 Å². The first-order valence-electron chi connectivity index (χ1n) is 5.02. The minimum Gasteiger partial charge on any atom is -0.327 e. The maximum atomic E-state index is 6.02. The van der Waals surface area contributed by atoms with Crippen LogP contribution in [0.15, 0.2) is 24.3 Å². The summed E-state index contributed by atoms with van der Waals surface area (Å²) in [6, 6.07) is 8.96. The van der Waals surface area contributed by atoms with Crippen molar-refractivity contribution in [1.29, 1.82) is 0 Å². The van der Waals surface area contributed by atoms with Gasteiger partial charge in [0.15, 0.2) is 0 Å². The van der Waals surface area contributed by atoms with E-state index in [1.54, 1.807) is 0 Å². The lowest BCUT2D eigenvalue weighted by Gasteiger charge is -2.10. The van der Waals surface area contributed by atoms with Gasteiger partial charge in [0.1, 0.15) is 0 Å². The molecule has 0 aliphatic rings. The first-order chi connectivity index (χ1) is 6.72. The minimum absolute atomic E-state index is 0.310. The van der Waals surface area contributed by atoms with E-state index >= 15 is 0 Å². The zero-order valence-corrected chi connectivity index (χ0v) is 9.81. The number of thioether (sulfide) groups is 1. The van der Waals surface area contributed by atoms with E-state index < -0.39 is 0 Å². The van der Waals surface area contributed by atoms with Crippen molar-refractivity contribution in [2.24, 2.45) is 5.73 Å². The molecule has 0 fully saturated rings. The fourth-order valence-electron chi connectivity index (χ4n) is 1.40. The van der Waals surface area contributed by atoms with Crippen LogP contribution < -0.4 is 5.73 Å². The summed E-state index contributed by atoms with van der Waals surface area (Å²) in [4.78, 5) is 0.